The van der Waals surface area contributed by atoms with Crippen LogP contribution in [0, 0.1) is 6.92 Å². The minimum Gasteiger partial charge on any atom is -0.488 e. The van der Waals surface area contributed by atoms with Crippen LogP contribution < -0.4 is 4.74 Å². The van der Waals surface area contributed by atoms with Gasteiger partial charge in [0, 0.05) is 17.0 Å². The quantitative estimate of drug-likeness (QED) is 0.260. The van der Waals surface area contributed by atoms with Gasteiger partial charge in [-0.2, -0.15) is 13.2 Å². The van der Waals surface area contributed by atoms with Crippen molar-refractivity contribution in [2.24, 2.45) is 0 Å². The second-order valence-electron chi connectivity index (χ2n) is 8.84. The summed E-state index contributed by atoms with van der Waals surface area (Å²) in [4.78, 5) is 15.3. The van der Waals surface area contributed by atoms with E-state index in [1.807, 2.05) is 55.5 Å². The number of pyridine rings is 1. The smallest absolute Gasteiger partial charge is 0.418 e. The van der Waals surface area contributed by atoms with Gasteiger partial charge in [0.05, 0.1) is 17.5 Å². The van der Waals surface area contributed by atoms with Crippen molar-refractivity contribution in [2.45, 2.75) is 26.1 Å². The van der Waals surface area contributed by atoms with Crippen molar-refractivity contribution in [3.8, 4) is 16.9 Å². The third-order valence-corrected chi connectivity index (χ3v) is 6.32. The summed E-state index contributed by atoms with van der Waals surface area (Å²) < 4.78 is 46.9. The number of aliphatic carboxylic acids is 1. The summed E-state index contributed by atoms with van der Waals surface area (Å²) in [5.74, 6) is -0.285. The molecule has 7 heteroatoms. The maximum absolute atomic E-state index is 13.6. The van der Waals surface area contributed by atoms with Crippen molar-refractivity contribution < 1.29 is 27.8 Å². The number of benzene rings is 4. The van der Waals surface area contributed by atoms with Crippen LogP contribution >= 0.6 is 0 Å². The summed E-state index contributed by atoms with van der Waals surface area (Å²) in [6, 6.07) is 22.6. The number of halogens is 3. The number of carboxylic acids is 1. The highest BCUT2D eigenvalue weighted by molar-refractivity contribution is 5.98. The molecule has 0 fully saturated rings. The van der Waals surface area contributed by atoms with E-state index in [4.69, 9.17) is 4.74 Å². The zero-order valence-electron chi connectivity index (χ0n) is 19.8. The van der Waals surface area contributed by atoms with Crippen LogP contribution in [0.2, 0.25) is 0 Å². The molecule has 0 bridgehead atoms. The maximum Gasteiger partial charge on any atom is 0.418 e. The molecular formula is C30H22F3NO3. The number of para-hydroxylation sites is 1. The second kappa shape index (κ2) is 9.58. The topological polar surface area (TPSA) is 59.4 Å². The Bertz CT molecular complexity index is 1640. The van der Waals surface area contributed by atoms with Crippen molar-refractivity contribution in [3.05, 3.63) is 107 Å². The molecule has 0 saturated carbocycles. The fourth-order valence-electron chi connectivity index (χ4n) is 4.70. The van der Waals surface area contributed by atoms with Gasteiger partial charge in [-0.3, -0.25) is 9.78 Å². The molecule has 1 heterocycles. The van der Waals surface area contributed by atoms with Gasteiger partial charge in [0.15, 0.2) is 0 Å². The summed E-state index contributed by atoms with van der Waals surface area (Å²) in [5, 5.41) is 11.3. The molecule has 4 aromatic carbocycles. The number of nitrogens with zero attached hydrogens (tertiary/aromatic N) is 1. The molecule has 1 aromatic heterocycles. The molecule has 4 nitrogen and oxygen atoms in total. The Morgan fingerprint density at radius 1 is 0.919 bits per heavy atom. The molecule has 37 heavy (non-hydrogen) atoms. The second-order valence-corrected chi connectivity index (χ2v) is 8.84. The van der Waals surface area contributed by atoms with E-state index in [0.29, 0.717) is 22.3 Å². The summed E-state index contributed by atoms with van der Waals surface area (Å²) in [7, 11) is 0. The average molecular weight is 502 g/mol. The number of carbonyl (C=O) groups is 1. The van der Waals surface area contributed by atoms with Gasteiger partial charge < -0.3 is 9.84 Å². The van der Waals surface area contributed by atoms with Gasteiger partial charge in [-0.15, -0.1) is 0 Å². The van der Waals surface area contributed by atoms with Crippen molar-refractivity contribution >= 4 is 27.6 Å². The minimum atomic E-state index is -4.50. The maximum atomic E-state index is 13.6. The van der Waals surface area contributed by atoms with Gasteiger partial charge in [0.25, 0.3) is 0 Å². The highest BCUT2D eigenvalue weighted by atomic mass is 19.4. The van der Waals surface area contributed by atoms with E-state index >= 15 is 0 Å². The Hall–Kier alpha value is -4.39. The zero-order valence-corrected chi connectivity index (χ0v) is 19.8. The van der Waals surface area contributed by atoms with Crippen molar-refractivity contribution in [3.63, 3.8) is 0 Å². The zero-order chi connectivity index (χ0) is 26.2. The van der Waals surface area contributed by atoms with Crippen LogP contribution in [0.25, 0.3) is 32.8 Å². The molecular weight excluding hydrogens is 479 g/mol. The molecule has 0 saturated heterocycles. The number of carboxylic acid groups (broad SMARTS) is 1. The lowest BCUT2D eigenvalue weighted by Crippen LogP contribution is -2.07. The van der Waals surface area contributed by atoms with Crippen LogP contribution in [-0.4, -0.2) is 16.1 Å². The van der Waals surface area contributed by atoms with Crippen molar-refractivity contribution in [1.82, 2.24) is 4.98 Å². The van der Waals surface area contributed by atoms with E-state index in [-0.39, 0.29) is 18.5 Å². The Morgan fingerprint density at radius 3 is 2.41 bits per heavy atom. The van der Waals surface area contributed by atoms with E-state index in [9.17, 15) is 23.1 Å². The number of alkyl halides is 3. The van der Waals surface area contributed by atoms with Gasteiger partial charge in [0.1, 0.15) is 12.4 Å². The largest absolute Gasteiger partial charge is 0.488 e. The number of fused-ring (bicyclic) bond motifs is 2. The molecule has 5 aromatic rings. The predicted octanol–water partition coefficient (Wildman–Crippen LogP) is 7.59. The van der Waals surface area contributed by atoms with Gasteiger partial charge in [-0.25, -0.2) is 0 Å². The van der Waals surface area contributed by atoms with Crippen molar-refractivity contribution in [1.29, 1.82) is 0 Å². The minimum absolute atomic E-state index is 0.0785. The van der Waals surface area contributed by atoms with Gasteiger partial charge >= 0.3 is 12.1 Å². The van der Waals surface area contributed by atoms with Crippen LogP contribution in [0.1, 0.15) is 22.3 Å². The van der Waals surface area contributed by atoms with Gasteiger partial charge in [-0.05, 0) is 58.3 Å². The molecule has 0 aliphatic heterocycles. The molecule has 1 N–H and O–H groups in total. The first kappa shape index (κ1) is 24.3. The summed E-state index contributed by atoms with van der Waals surface area (Å²) in [5.41, 5.74) is 2.94. The number of hydrogen-bond donors (Lipinski definition) is 1. The Labute approximate surface area is 211 Å². The average Bonchev–Trinajstić information content (AvgIpc) is 2.86. The van der Waals surface area contributed by atoms with Gasteiger partial charge in [-0.1, -0.05) is 60.7 Å². The predicted molar refractivity (Wildman–Crippen MR) is 137 cm³/mol. The molecule has 5 rings (SSSR count). The van der Waals surface area contributed by atoms with Crippen LogP contribution in [-0.2, 0) is 24.0 Å². The fourth-order valence-corrected chi connectivity index (χ4v) is 4.70. The number of aromatic nitrogens is 1. The molecule has 0 amide bonds. The normalized spacial score (nSPS) is 11.7. The van der Waals surface area contributed by atoms with E-state index in [1.54, 1.807) is 18.2 Å². The summed E-state index contributed by atoms with van der Waals surface area (Å²) in [6.45, 7) is 2.06. The Morgan fingerprint density at radius 2 is 1.62 bits per heavy atom. The van der Waals surface area contributed by atoms with E-state index in [2.05, 4.69) is 4.98 Å². The lowest BCUT2D eigenvalue weighted by atomic mass is 9.94. The number of rotatable bonds is 6. The van der Waals surface area contributed by atoms with Gasteiger partial charge in [0.2, 0.25) is 0 Å². The molecule has 0 aliphatic rings. The number of aryl methyl sites for hydroxylation is 1. The standard InChI is InChI=1S/C30H22F3NO3/c1-18-16-34-29-24(11-4-12-25(29)30(31,32)33)28(18)21-8-2-6-19(14-21)17-37-26-13-5-9-22-20(15-27(35)36)7-3-10-23(22)26/h2-14,16H,15,17H2,1H3,(H,35,36). The first-order chi connectivity index (χ1) is 17.7. The first-order valence-corrected chi connectivity index (χ1v) is 11.6. The number of ether oxygens (including phenoxy) is 1. The molecule has 0 atom stereocenters. The van der Waals surface area contributed by atoms with E-state index in [0.717, 1.165) is 33.5 Å². The van der Waals surface area contributed by atoms with E-state index in [1.165, 1.54) is 12.3 Å². The van der Waals surface area contributed by atoms with Crippen molar-refractivity contribution in [2.75, 3.05) is 0 Å². The highest BCUT2D eigenvalue weighted by Crippen LogP contribution is 2.38. The lowest BCUT2D eigenvalue weighted by molar-refractivity contribution is -0.137. The SMILES string of the molecule is Cc1cnc2c(C(F)(F)F)cccc2c1-c1cccc(COc2cccc3c(CC(=O)O)cccc23)c1. The number of hydrogen-bond acceptors (Lipinski definition) is 3. The molecule has 0 radical (unpaired) electrons. The third-order valence-electron chi connectivity index (χ3n) is 6.32. The highest BCUT2D eigenvalue weighted by Gasteiger charge is 2.33. The lowest BCUT2D eigenvalue weighted by Gasteiger charge is -2.15. The van der Waals surface area contributed by atoms with Crippen LogP contribution in [0.4, 0.5) is 13.2 Å². The Kier molecular flexibility index (Phi) is 6.29. The first-order valence-electron chi connectivity index (χ1n) is 11.6. The van der Waals surface area contributed by atoms with Crippen LogP contribution in [0.5, 0.6) is 5.75 Å². The summed E-state index contributed by atoms with van der Waals surface area (Å²) in [6.07, 6.45) is -3.11. The summed E-state index contributed by atoms with van der Waals surface area (Å²) >= 11 is 0. The molecule has 186 valence electrons. The monoisotopic (exact) mass is 501 g/mol. The third kappa shape index (κ3) is 4.85. The fraction of sp³-hybridized carbons (Fsp3) is 0.133. The molecule has 0 spiro atoms. The van der Waals surface area contributed by atoms with Crippen LogP contribution in [0.3, 0.4) is 0 Å². The molecule has 0 aliphatic carbocycles. The molecule has 0 unspecified atom stereocenters. The Balaban J connectivity index is 1.49. The van der Waals surface area contributed by atoms with Crippen LogP contribution in [0.15, 0.2) is 85.1 Å². The van der Waals surface area contributed by atoms with E-state index < -0.39 is 17.7 Å².